The molecule has 1 amide bonds. The highest BCUT2D eigenvalue weighted by molar-refractivity contribution is 5.95. The Morgan fingerprint density at radius 1 is 1.44 bits per heavy atom. The molecule has 0 radical (unpaired) electrons. The number of nitrogens with two attached hydrogens (primary N) is 1. The summed E-state index contributed by atoms with van der Waals surface area (Å²) in [5, 5.41) is 2.85. The van der Waals surface area contributed by atoms with Gasteiger partial charge in [0.05, 0.1) is 0 Å². The number of hydrogen-bond donors (Lipinski definition) is 2. The molecule has 0 heterocycles. The highest BCUT2D eigenvalue weighted by atomic mass is 19.1. The Morgan fingerprint density at radius 3 is 2.67 bits per heavy atom. The van der Waals surface area contributed by atoms with Gasteiger partial charge in [-0.1, -0.05) is 19.9 Å². The Bertz CT molecular complexity index is 418. The molecule has 0 aliphatic carbocycles. The molecule has 1 aromatic carbocycles. The van der Waals surface area contributed by atoms with Crippen LogP contribution >= 0.6 is 0 Å². The quantitative estimate of drug-likeness (QED) is 0.844. The minimum Gasteiger partial charge on any atom is -0.348 e. The number of carbonyl (C=O) groups excluding carboxylic acids is 1. The van der Waals surface area contributed by atoms with Crippen molar-refractivity contribution in [2.24, 2.45) is 11.7 Å². The zero-order chi connectivity index (χ0) is 13.7. The summed E-state index contributed by atoms with van der Waals surface area (Å²) in [5.41, 5.74) is 6.76. The van der Waals surface area contributed by atoms with Crippen LogP contribution in [0.5, 0.6) is 0 Å². The van der Waals surface area contributed by atoms with Crippen molar-refractivity contribution in [2.75, 3.05) is 6.54 Å². The molecule has 0 spiro atoms. The highest BCUT2D eigenvalue weighted by Crippen LogP contribution is 2.11. The van der Waals surface area contributed by atoms with Crippen LogP contribution in [0.3, 0.4) is 0 Å². The van der Waals surface area contributed by atoms with E-state index in [1.165, 1.54) is 12.1 Å². The Balaban J connectivity index is 2.77. The molecule has 1 unspecified atom stereocenters. The molecule has 18 heavy (non-hydrogen) atoms. The zero-order valence-electron chi connectivity index (χ0n) is 11.2. The number of aryl methyl sites for hydroxylation is 1. The second-order valence-corrected chi connectivity index (χ2v) is 4.99. The average molecular weight is 252 g/mol. The summed E-state index contributed by atoms with van der Waals surface area (Å²) in [6.45, 7) is 6.32. The monoisotopic (exact) mass is 252 g/mol. The minimum absolute atomic E-state index is 0.0693. The molecule has 3 nitrogen and oxygen atoms in total. The first-order chi connectivity index (χ1) is 8.43. The van der Waals surface area contributed by atoms with Crippen LogP contribution in [-0.4, -0.2) is 18.5 Å². The normalized spacial score (nSPS) is 12.6. The predicted molar refractivity (Wildman–Crippen MR) is 70.9 cm³/mol. The molecule has 0 bridgehead atoms. The minimum atomic E-state index is -0.404. The molecular weight excluding hydrogens is 231 g/mol. The molecule has 100 valence electrons. The fourth-order valence-electron chi connectivity index (χ4n) is 1.89. The first-order valence-corrected chi connectivity index (χ1v) is 6.21. The van der Waals surface area contributed by atoms with Crippen molar-refractivity contribution < 1.29 is 9.18 Å². The van der Waals surface area contributed by atoms with E-state index in [-0.39, 0.29) is 11.9 Å². The maximum atomic E-state index is 13.1. The van der Waals surface area contributed by atoms with E-state index >= 15 is 0 Å². The summed E-state index contributed by atoms with van der Waals surface area (Å²) in [6.07, 6.45) is 0.816. The van der Waals surface area contributed by atoms with Crippen molar-refractivity contribution in [3.8, 4) is 0 Å². The molecule has 0 fully saturated rings. The van der Waals surface area contributed by atoms with Gasteiger partial charge in [0.15, 0.2) is 0 Å². The van der Waals surface area contributed by atoms with Crippen LogP contribution in [0.4, 0.5) is 4.39 Å². The molecule has 4 heteroatoms. The fraction of sp³-hybridized carbons (Fsp3) is 0.500. The summed E-state index contributed by atoms with van der Waals surface area (Å²) in [7, 11) is 0. The fourth-order valence-corrected chi connectivity index (χ4v) is 1.89. The lowest BCUT2D eigenvalue weighted by atomic mass is 10.0. The van der Waals surface area contributed by atoms with Gasteiger partial charge in [-0.25, -0.2) is 4.39 Å². The summed E-state index contributed by atoms with van der Waals surface area (Å²) in [6, 6.07) is 4.14. The molecular formula is C14H21FN2O. The summed E-state index contributed by atoms with van der Waals surface area (Å²) in [4.78, 5) is 12.0. The smallest absolute Gasteiger partial charge is 0.251 e. The molecule has 0 aliphatic heterocycles. The van der Waals surface area contributed by atoms with E-state index < -0.39 is 5.82 Å². The predicted octanol–water partition coefficient (Wildman–Crippen LogP) is 2.24. The van der Waals surface area contributed by atoms with Crippen molar-refractivity contribution in [1.29, 1.82) is 0 Å². The van der Waals surface area contributed by atoms with Crippen molar-refractivity contribution in [2.45, 2.75) is 33.2 Å². The number of benzene rings is 1. The highest BCUT2D eigenvalue weighted by Gasteiger charge is 2.15. The van der Waals surface area contributed by atoms with Crippen LogP contribution in [0.1, 0.15) is 36.2 Å². The summed E-state index contributed by atoms with van der Waals surface area (Å²) >= 11 is 0. The van der Waals surface area contributed by atoms with Crippen molar-refractivity contribution in [3.05, 3.63) is 35.1 Å². The van der Waals surface area contributed by atoms with Crippen LogP contribution in [0, 0.1) is 18.7 Å². The number of hydrogen-bond acceptors (Lipinski definition) is 2. The van der Waals surface area contributed by atoms with Crippen LogP contribution in [0.25, 0.3) is 0 Å². The van der Waals surface area contributed by atoms with E-state index in [1.807, 2.05) is 0 Å². The Hall–Kier alpha value is -1.42. The maximum Gasteiger partial charge on any atom is 0.251 e. The Morgan fingerprint density at radius 2 is 2.11 bits per heavy atom. The number of rotatable bonds is 5. The lowest BCUT2D eigenvalue weighted by Gasteiger charge is -2.19. The molecule has 1 aromatic rings. The second-order valence-electron chi connectivity index (χ2n) is 4.99. The van der Waals surface area contributed by atoms with E-state index in [9.17, 15) is 9.18 Å². The Kier molecular flexibility index (Phi) is 5.28. The number of carbonyl (C=O) groups is 1. The molecule has 0 saturated carbocycles. The standard InChI is InChI=1S/C14H21FN2O/c1-9(2)6-12(8-16)17-14(18)13-7-11(15)5-4-10(13)3/h4-5,7,9,12H,6,8,16H2,1-3H3,(H,17,18). The van der Waals surface area contributed by atoms with Crippen LogP contribution in [0.2, 0.25) is 0 Å². The van der Waals surface area contributed by atoms with Crippen LogP contribution in [0.15, 0.2) is 18.2 Å². The molecule has 3 N–H and O–H groups in total. The second kappa shape index (κ2) is 6.50. The molecule has 0 saturated heterocycles. The molecule has 1 rings (SSSR count). The maximum absolute atomic E-state index is 13.1. The number of nitrogens with one attached hydrogen (secondary N) is 1. The molecule has 0 aliphatic rings. The Labute approximate surface area is 108 Å². The van der Waals surface area contributed by atoms with Gasteiger partial charge in [0.1, 0.15) is 5.82 Å². The van der Waals surface area contributed by atoms with E-state index in [1.54, 1.807) is 13.0 Å². The van der Waals surface area contributed by atoms with Gasteiger partial charge in [-0.05, 0) is 37.0 Å². The van der Waals surface area contributed by atoms with Crippen LogP contribution < -0.4 is 11.1 Å². The van der Waals surface area contributed by atoms with Gasteiger partial charge in [-0.15, -0.1) is 0 Å². The third kappa shape index (κ3) is 4.11. The van der Waals surface area contributed by atoms with Crippen molar-refractivity contribution in [1.82, 2.24) is 5.32 Å². The van der Waals surface area contributed by atoms with Gasteiger partial charge < -0.3 is 11.1 Å². The van der Waals surface area contributed by atoms with Gasteiger partial charge in [0.2, 0.25) is 0 Å². The number of halogens is 1. The van der Waals surface area contributed by atoms with Gasteiger partial charge in [0, 0.05) is 18.2 Å². The van der Waals surface area contributed by atoms with Gasteiger partial charge in [-0.2, -0.15) is 0 Å². The summed E-state index contributed by atoms with van der Waals surface area (Å²) < 4.78 is 13.1. The lowest BCUT2D eigenvalue weighted by molar-refractivity contribution is 0.0932. The average Bonchev–Trinajstić information content (AvgIpc) is 2.30. The van der Waals surface area contributed by atoms with Crippen LogP contribution in [-0.2, 0) is 0 Å². The zero-order valence-corrected chi connectivity index (χ0v) is 11.2. The van der Waals surface area contributed by atoms with Crippen molar-refractivity contribution >= 4 is 5.91 Å². The third-order valence-corrected chi connectivity index (χ3v) is 2.82. The van der Waals surface area contributed by atoms with E-state index in [2.05, 4.69) is 19.2 Å². The molecule has 1 atom stereocenters. The first-order valence-electron chi connectivity index (χ1n) is 6.21. The van der Waals surface area contributed by atoms with Gasteiger partial charge >= 0.3 is 0 Å². The first kappa shape index (κ1) is 14.6. The topological polar surface area (TPSA) is 55.1 Å². The number of amides is 1. The summed E-state index contributed by atoms with van der Waals surface area (Å²) in [5.74, 6) is -0.213. The van der Waals surface area contributed by atoms with E-state index in [0.29, 0.717) is 18.0 Å². The van der Waals surface area contributed by atoms with Gasteiger partial charge in [-0.3, -0.25) is 4.79 Å². The van der Waals surface area contributed by atoms with E-state index in [0.717, 1.165) is 12.0 Å². The largest absolute Gasteiger partial charge is 0.348 e. The molecule has 0 aromatic heterocycles. The van der Waals surface area contributed by atoms with Gasteiger partial charge in [0.25, 0.3) is 5.91 Å². The third-order valence-electron chi connectivity index (χ3n) is 2.82. The van der Waals surface area contributed by atoms with Crippen molar-refractivity contribution in [3.63, 3.8) is 0 Å². The SMILES string of the molecule is Cc1ccc(F)cc1C(=O)NC(CN)CC(C)C. The lowest BCUT2D eigenvalue weighted by Crippen LogP contribution is -2.41. The van der Waals surface area contributed by atoms with E-state index in [4.69, 9.17) is 5.73 Å².